The molecule has 1 unspecified atom stereocenters. The molecule has 142 valence electrons. The summed E-state index contributed by atoms with van der Waals surface area (Å²) in [4.78, 5) is 38.9. The molecule has 1 fully saturated rings. The average molecular weight is 369 g/mol. The summed E-state index contributed by atoms with van der Waals surface area (Å²) in [6, 6.07) is 8.72. The van der Waals surface area contributed by atoms with Crippen LogP contribution in [0.4, 0.5) is 4.79 Å². The van der Waals surface area contributed by atoms with Gasteiger partial charge in [-0.2, -0.15) is 5.10 Å². The van der Waals surface area contributed by atoms with E-state index >= 15 is 0 Å². The van der Waals surface area contributed by atoms with Crippen LogP contribution in [0, 0.1) is 5.92 Å². The molecule has 7 heteroatoms. The summed E-state index contributed by atoms with van der Waals surface area (Å²) < 4.78 is 6.97. The smallest absolute Gasteiger partial charge is 0.417 e. The maximum absolute atomic E-state index is 12.8. The number of rotatable bonds is 3. The SMILES string of the molecule is CC(C)(C)OC(=O)N1CCCC(C(=O)c2ccc(-n3cccn3)cc2)C1=O. The Bertz CT molecular complexity index is 835. The Morgan fingerprint density at radius 1 is 1.19 bits per heavy atom. The van der Waals surface area contributed by atoms with Gasteiger partial charge in [0.25, 0.3) is 0 Å². The Morgan fingerprint density at radius 2 is 1.89 bits per heavy atom. The number of nitrogens with zero attached hydrogens (tertiary/aromatic N) is 3. The molecular formula is C20H23N3O4. The lowest BCUT2D eigenvalue weighted by atomic mass is 9.89. The standard InChI is InChI=1S/C20H23N3O4/c1-20(2,3)27-19(26)22-12-4-6-16(18(22)25)17(24)14-7-9-15(10-8-14)23-13-5-11-21-23/h5,7-11,13,16H,4,6,12H2,1-3H3. The van der Waals surface area contributed by atoms with Gasteiger partial charge in [0, 0.05) is 24.5 Å². The highest BCUT2D eigenvalue weighted by Crippen LogP contribution is 2.24. The number of likely N-dealkylation sites (tertiary alicyclic amines) is 1. The summed E-state index contributed by atoms with van der Waals surface area (Å²) in [6.45, 7) is 5.49. The number of amides is 2. The Kier molecular flexibility index (Phi) is 5.12. The van der Waals surface area contributed by atoms with Gasteiger partial charge < -0.3 is 4.74 Å². The van der Waals surface area contributed by atoms with Crippen LogP contribution in [0.5, 0.6) is 0 Å². The second-order valence-corrected chi connectivity index (χ2v) is 7.53. The predicted octanol–water partition coefficient (Wildman–Crippen LogP) is 3.23. The van der Waals surface area contributed by atoms with E-state index in [2.05, 4.69) is 5.10 Å². The number of hydrogen-bond acceptors (Lipinski definition) is 5. The van der Waals surface area contributed by atoms with Gasteiger partial charge in [-0.05, 0) is 63.9 Å². The first-order valence-electron chi connectivity index (χ1n) is 8.95. The molecule has 1 saturated heterocycles. The number of imide groups is 1. The van der Waals surface area contributed by atoms with Crippen molar-refractivity contribution >= 4 is 17.8 Å². The van der Waals surface area contributed by atoms with Crippen LogP contribution >= 0.6 is 0 Å². The highest BCUT2D eigenvalue weighted by Gasteiger charge is 2.39. The second kappa shape index (κ2) is 7.34. The van der Waals surface area contributed by atoms with Crippen LogP contribution in [0.15, 0.2) is 42.7 Å². The van der Waals surface area contributed by atoms with Crippen LogP contribution in [-0.4, -0.2) is 44.6 Å². The van der Waals surface area contributed by atoms with E-state index in [1.807, 2.05) is 6.07 Å². The highest BCUT2D eigenvalue weighted by atomic mass is 16.6. The number of aromatic nitrogens is 2. The van der Waals surface area contributed by atoms with Crippen molar-refractivity contribution in [2.24, 2.45) is 5.92 Å². The number of benzene rings is 1. The summed E-state index contributed by atoms with van der Waals surface area (Å²) in [6.07, 6.45) is 3.79. The third kappa shape index (κ3) is 4.24. The van der Waals surface area contributed by atoms with Crippen molar-refractivity contribution in [3.8, 4) is 5.69 Å². The van der Waals surface area contributed by atoms with Gasteiger partial charge in [0.2, 0.25) is 5.91 Å². The van der Waals surface area contributed by atoms with Gasteiger partial charge in [0.1, 0.15) is 11.5 Å². The van der Waals surface area contributed by atoms with E-state index in [4.69, 9.17) is 4.74 Å². The summed E-state index contributed by atoms with van der Waals surface area (Å²) in [5.41, 5.74) is 0.564. The van der Waals surface area contributed by atoms with Crippen molar-refractivity contribution < 1.29 is 19.1 Å². The van der Waals surface area contributed by atoms with Crippen molar-refractivity contribution in [1.29, 1.82) is 0 Å². The van der Waals surface area contributed by atoms with E-state index < -0.39 is 23.5 Å². The molecule has 1 aliphatic rings. The molecule has 0 aliphatic carbocycles. The van der Waals surface area contributed by atoms with Crippen molar-refractivity contribution in [2.45, 2.75) is 39.2 Å². The lowest BCUT2D eigenvalue weighted by Crippen LogP contribution is -2.49. The number of hydrogen-bond donors (Lipinski definition) is 0. The molecular weight excluding hydrogens is 346 g/mol. The van der Waals surface area contributed by atoms with Gasteiger partial charge in [-0.25, -0.2) is 14.4 Å². The monoisotopic (exact) mass is 369 g/mol. The van der Waals surface area contributed by atoms with E-state index in [1.165, 1.54) is 0 Å². The number of ether oxygens (including phenoxy) is 1. The van der Waals surface area contributed by atoms with Gasteiger partial charge in [-0.1, -0.05) is 0 Å². The number of carbonyl (C=O) groups is 3. The van der Waals surface area contributed by atoms with E-state index in [0.717, 1.165) is 10.6 Å². The second-order valence-electron chi connectivity index (χ2n) is 7.53. The molecule has 2 heterocycles. The topological polar surface area (TPSA) is 81.5 Å². The first kappa shape index (κ1) is 18.8. The zero-order chi connectivity index (χ0) is 19.6. The molecule has 0 spiro atoms. The van der Waals surface area contributed by atoms with Crippen LogP contribution in [0.1, 0.15) is 44.0 Å². The number of ketones is 1. The zero-order valence-corrected chi connectivity index (χ0v) is 15.7. The fourth-order valence-electron chi connectivity index (χ4n) is 3.02. The summed E-state index contributed by atoms with van der Waals surface area (Å²) in [7, 11) is 0. The number of Topliss-reactive ketones (excluding diaryl/α,β-unsaturated/α-hetero) is 1. The van der Waals surface area contributed by atoms with Crippen LogP contribution in [-0.2, 0) is 9.53 Å². The molecule has 3 rings (SSSR count). The van der Waals surface area contributed by atoms with E-state index in [0.29, 0.717) is 18.4 Å². The molecule has 0 saturated carbocycles. The van der Waals surface area contributed by atoms with Crippen LogP contribution in [0.2, 0.25) is 0 Å². The van der Waals surface area contributed by atoms with Crippen LogP contribution in [0.25, 0.3) is 5.69 Å². The van der Waals surface area contributed by atoms with Crippen molar-refractivity contribution in [3.05, 3.63) is 48.3 Å². The summed E-state index contributed by atoms with van der Waals surface area (Å²) in [5.74, 6) is -1.63. The maximum atomic E-state index is 12.8. The van der Waals surface area contributed by atoms with E-state index in [9.17, 15) is 14.4 Å². The maximum Gasteiger partial charge on any atom is 0.417 e. The Balaban J connectivity index is 1.74. The molecule has 2 aromatic rings. The van der Waals surface area contributed by atoms with E-state index in [-0.39, 0.29) is 12.3 Å². The number of piperidine rings is 1. The minimum absolute atomic E-state index is 0.274. The fraction of sp³-hybridized carbons (Fsp3) is 0.400. The predicted molar refractivity (Wildman–Crippen MR) is 98.6 cm³/mol. The molecule has 27 heavy (non-hydrogen) atoms. The Morgan fingerprint density at radius 3 is 2.48 bits per heavy atom. The minimum atomic E-state index is -0.859. The highest BCUT2D eigenvalue weighted by molar-refractivity contribution is 6.12. The van der Waals surface area contributed by atoms with Gasteiger partial charge in [0.05, 0.1) is 5.69 Å². The average Bonchev–Trinajstić information content (AvgIpc) is 3.14. The van der Waals surface area contributed by atoms with Crippen molar-refractivity contribution in [2.75, 3.05) is 6.54 Å². The molecule has 1 aromatic carbocycles. The largest absolute Gasteiger partial charge is 0.443 e. The molecule has 0 bridgehead atoms. The normalized spacial score (nSPS) is 17.7. The van der Waals surface area contributed by atoms with E-state index in [1.54, 1.807) is 62.1 Å². The summed E-state index contributed by atoms with van der Waals surface area (Å²) >= 11 is 0. The summed E-state index contributed by atoms with van der Waals surface area (Å²) in [5, 5.41) is 4.14. The molecule has 7 nitrogen and oxygen atoms in total. The Hall–Kier alpha value is -2.96. The van der Waals surface area contributed by atoms with Gasteiger partial charge in [-0.15, -0.1) is 0 Å². The van der Waals surface area contributed by atoms with Crippen LogP contribution < -0.4 is 0 Å². The third-order valence-corrected chi connectivity index (χ3v) is 4.29. The fourth-order valence-corrected chi connectivity index (χ4v) is 3.02. The molecule has 0 radical (unpaired) electrons. The first-order chi connectivity index (χ1) is 12.8. The molecule has 0 N–H and O–H groups in total. The first-order valence-corrected chi connectivity index (χ1v) is 8.95. The van der Waals surface area contributed by atoms with Crippen molar-refractivity contribution in [1.82, 2.24) is 14.7 Å². The van der Waals surface area contributed by atoms with Gasteiger partial charge in [0.15, 0.2) is 5.78 Å². The van der Waals surface area contributed by atoms with Crippen molar-refractivity contribution in [3.63, 3.8) is 0 Å². The number of carbonyl (C=O) groups excluding carboxylic acids is 3. The molecule has 1 aromatic heterocycles. The zero-order valence-electron chi connectivity index (χ0n) is 15.7. The molecule has 2 amide bonds. The Labute approximate surface area is 157 Å². The molecule has 1 aliphatic heterocycles. The quantitative estimate of drug-likeness (QED) is 0.613. The molecule has 1 atom stereocenters. The third-order valence-electron chi connectivity index (χ3n) is 4.29. The lowest BCUT2D eigenvalue weighted by molar-refractivity contribution is -0.135. The van der Waals surface area contributed by atoms with Gasteiger partial charge in [-0.3, -0.25) is 9.59 Å². The lowest BCUT2D eigenvalue weighted by Gasteiger charge is -2.31. The van der Waals surface area contributed by atoms with Gasteiger partial charge >= 0.3 is 6.09 Å². The van der Waals surface area contributed by atoms with Crippen LogP contribution in [0.3, 0.4) is 0 Å². The minimum Gasteiger partial charge on any atom is -0.443 e.